The van der Waals surface area contributed by atoms with E-state index in [-0.39, 0.29) is 5.91 Å². The fourth-order valence-corrected chi connectivity index (χ4v) is 4.95. The molecule has 1 amide bonds. The van der Waals surface area contributed by atoms with E-state index in [2.05, 4.69) is 37.4 Å². The number of carbonyl (C=O) groups excluding carboxylic acids is 1. The van der Waals surface area contributed by atoms with Gasteiger partial charge in [-0.05, 0) is 49.4 Å². The number of aromatic nitrogens is 2. The lowest BCUT2D eigenvalue weighted by Crippen LogP contribution is -2.17. The molecule has 2 aromatic carbocycles. The van der Waals surface area contributed by atoms with Crippen LogP contribution in [0.25, 0.3) is 5.69 Å². The summed E-state index contributed by atoms with van der Waals surface area (Å²) in [5.74, 6) is 1.53. The Morgan fingerprint density at radius 1 is 1.10 bits per heavy atom. The lowest BCUT2D eigenvalue weighted by Gasteiger charge is -2.14. The molecule has 0 saturated carbocycles. The molecule has 1 aliphatic rings. The molecular weight excluding hydrogens is 382 g/mol. The number of carbonyl (C=O) groups is 1. The summed E-state index contributed by atoms with van der Waals surface area (Å²) in [6.45, 7) is 4.12. The molecule has 3 aromatic rings. The average Bonchev–Trinajstić information content (AvgIpc) is 3.22. The Kier molecular flexibility index (Phi) is 5.62. The number of amides is 1. The number of aryl methyl sites for hydroxylation is 2. The van der Waals surface area contributed by atoms with E-state index in [4.69, 9.17) is 5.10 Å². The third-order valence-electron chi connectivity index (χ3n) is 5.44. The Morgan fingerprint density at radius 2 is 1.90 bits per heavy atom. The molecule has 0 saturated heterocycles. The molecule has 2 heterocycles. The quantitative estimate of drug-likeness (QED) is 0.666. The Morgan fingerprint density at radius 3 is 2.69 bits per heavy atom. The van der Waals surface area contributed by atoms with E-state index in [1.807, 2.05) is 35.0 Å². The van der Waals surface area contributed by atoms with Gasteiger partial charge in [0.1, 0.15) is 5.82 Å². The van der Waals surface area contributed by atoms with Crippen molar-refractivity contribution in [1.82, 2.24) is 9.78 Å². The van der Waals surface area contributed by atoms with Crippen LogP contribution >= 0.6 is 0 Å². The lowest BCUT2D eigenvalue weighted by atomic mass is 10.1. The number of anilines is 1. The monoisotopic (exact) mass is 407 g/mol. The molecule has 6 heteroatoms. The smallest absolute Gasteiger partial charge is 0.225 e. The van der Waals surface area contributed by atoms with E-state index in [0.29, 0.717) is 23.7 Å². The first-order valence-corrected chi connectivity index (χ1v) is 11.4. The van der Waals surface area contributed by atoms with Crippen LogP contribution in [0.1, 0.15) is 40.8 Å². The topological polar surface area (TPSA) is 64.0 Å². The molecule has 0 bridgehead atoms. The average molecular weight is 408 g/mol. The summed E-state index contributed by atoms with van der Waals surface area (Å²) in [7, 11) is -0.945. The van der Waals surface area contributed by atoms with Gasteiger partial charge in [-0.25, -0.2) is 4.68 Å². The highest BCUT2D eigenvalue weighted by molar-refractivity contribution is 7.83. The summed E-state index contributed by atoms with van der Waals surface area (Å²) in [4.78, 5) is 12.7. The molecule has 0 spiro atoms. The minimum absolute atomic E-state index is 0.0344. The zero-order valence-electron chi connectivity index (χ0n) is 16.8. The molecule has 0 radical (unpaired) electrons. The van der Waals surface area contributed by atoms with Crippen molar-refractivity contribution in [2.45, 2.75) is 44.6 Å². The van der Waals surface area contributed by atoms with Gasteiger partial charge in [-0.3, -0.25) is 9.00 Å². The first-order chi connectivity index (χ1) is 14.0. The second-order valence-electron chi connectivity index (χ2n) is 7.52. The van der Waals surface area contributed by atoms with Crippen LogP contribution in [0.15, 0.2) is 48.5 Å². The Labute approximate surface area is 173 Å². The minimum Gasteiger partial charge on any atom is -0.310 e. The van der Waals surface area contributed by atoms with Crippen molar-refractivity contribution in [2.75, 3.05) is 5.32 Å². The Bertz CT molecular complexity index is 1070. The van der Waals surface area contributed by atoms with Crippen molar-refractivity contribution >= 4 is 22.5 Å². The predicted molar refractivity (Wildman–Crippen MR) is 117 cm³/mol. The molecule has 0 aliphatic carbocycles. The van der Waals surface area contributed by atoms with Crippen molar-refractivity contribution in [2.24, 2.45) is 0 Å². The second-order valence-corrected chi connectivity index (χ2v) is 8.98. The van der Waals surface area contributed by atoms with Crippen LogP contribution < -0.4 is 5.32 Å². The van der Waals surface area contributed by atoms with Crippen LogP contribution in [0.5, 0.6) is 0 Å². The SMILES string of the molecule is Cc1cccc(-n2nc3c(c2NC(=O)CCCc2ccccc2)C[S@](=O)C3)c1C. The van der Waals surface area contributed by atoms with Crippen LogP contribution in [0.4, 0.5) is 5.82 Å². The van der Waals surface area contributed by atoms with Crippen molar-refractivity contribution in [3.8, 4) is 5.69 Å². The summed E-state index contributed by atoms with van der Waals surface area (Å²) in [5.41, 5.74) is 6.20. The zero-order valence-corrected chi connectivity index (χ0v) is 17.6. The molecule has 150 valence electrons. The van der Waals surface area contributed by atoms with Gasteiger partial charge in [-0.15, -0.1) is 0 Å². The number of hydrogen-bond donors (Lipinski definition) is 1. The van der Waals surface area contributed by atoms with E-state index < -0.39 is 10.8 Å². The fourth-order valence-electron chi connectivity index (χ4n) is 3.69. The highest BCUT2D eigenvalue weighted by Crippen LogP contribution is 2.32. The standard InChI is InChI=1S/C23H25N3O2S/c1-16-8-6-12-21(17(16)2)26-23(19-14-29(28)15-20(19)25-26)24-22(27)13-7-11-18-9-4-3-5-10-18/h3-6,8-10,12H,7,11,13-15H2,1-2H3,(H,24,27)/t29-/m0/s1. The first kappa shape index (κ1) is 19.6. The van der Waals surface area contributed by atoms with Crippen molar-refractivity contribution in [3.63, 3.8) is 0 Å². The summed E-state index contributed by atoms with van der Waals surface area (Å²) >= 11 is 0. The molecule has 4 rings (SSSR count). The maximum Gasteiger partial charge on any atom is 0.225 e. The maximum absolute atomic E-state index is 12.7. The van der Waals surface area contributed by atoms with Crippen LogP contribution in [-0.4, -0.2) is 19.9 Å². The largest absolute Gasteiger partial charge is 0.310 e. The van der Waals surface area contributed by atoms with Crippen molar-refractivity contribution < 1.29 is 9.00 Å². The number of hydrogen-bond acceptors (Lipinski definition) is 3. The maximum atomic E-state index is 12.7. The van der Waals surface area contributed by atoms with Crippen molar-refractivity contribution in [3.05, 3.63) is 76.5 Å². The van der Waals surface area contributed by atoms with E-state index in [1.54, 1.807) is 0 Å². The van der Waals surface area contributed by atoms with Gasteiger partial charge in [-0.2, -0.15) is 5.10 Å². The molecule has 5 nitrogen and oxygen atoms in total. The van der Waals surface area contributed by atoms with Crippen LogP contribution in [0, 0.1) is 13.8 Å². The van der Waals surface area contributed by atoms with Gasteiger partial charge >= 0.3 is 0 Å². The summed E-state index contributed by atoms with van der Waals surface area (Å²) in [6.07, 6.45) is 2.08. The molecular formula is C23H25N3O2S. The van der Waals surface area contributed by atoms with Gasteiger partial charge in [0.15, 0.2) is 0 Å². The number of rotatable bonds is 6. The van der Waals surface area contributed by atoms with E-state index >= 15 is 0 Å². The van der Waals surface area contributed by atoms with Crippen molar-refractivity contribution in [1.29, 1.82) is 0 Å². The van der Waals surface area contributed by atoms with E-state index in [0.717, 1.165) is 35.3 Å². The fraction of sp³-hybridized carbons (Fsp3) is 0.304. The molecule has 1 N–H and O–H groups in total. The summed E-state index contributed by atoms with van der Waals surface area (Å²) < 4.78 is 13.9. The third kappa shape index (κ3) is 4.17. The van der Waals surface area contributed by atoms with E-state index in [1.165, 1.54) is 11.1 Å². The second kappa shape index (κ2) is 8.33. The zero-order chi connectivity index (χ0) is 20.4. The van der Waals surface area contributed by atoms with Gasteiger partial charge < -0.3 is 5.32 Å². The highest BCUT2D eigenvalue weighted by Gasteiger charge is 2.28. The van der Waals surface area contributed by atoms with Gasteiger partial charge in [0.25, 0.3) is 0 Å². The molecule has 1 aromatic heterocycles. The first-order valence-electron chi connectivity index (χ1n) is 9.89. The minimum atomic E-state index is -0.945. The van der Waals surface area contributed by atoms with Crippen LogP contribution in [0.2, 0.25) is 0 Å². The molecule has 0 fully saturated rings. The number of benzene rings is 2. The predicted octanol–water partition coefficient (Wildman–Crippen LogP) is 4.21. The third-order valence-corrected chi connectivity index (χ3v) is 6.65. The van der Waals surface area contributed by atoms with Crippen LogP contribution in [-0.2, 0) is 33.5 Å². The molecule has 1 atom stereocenters. The number of nitrogens with zero attached hydrogens (tertiary/aromatic N) is 2. The van der Waals surface area contributed by atoms with Gasteiger partial charge in [0.05, 0.1) is 22.9 Å². The normalized spacial score (nSPS) is 15.3. The van der Waals surface area contributed by atoms with Gasteiger partial charge in [-0.1, -0.05) is 42.5 Å². The Hall–Kier alpha value is -2.73. The van der Waals surface area contributed by atoms with Crippen LogP contribution in [0.3, 0.4) is 0 Å². The van der Waals surface area contributed by atoms with Gasteiger partial charge in [0.2, 0.25) is 5.91 Å². The highest BCUT2D eigenvalue weighted by atomic mass is 32.2. The van der Waals surface area contributed by atoms with E-state index in [9.17, 15) is 9.00 Å². The number of nitrogens with one attached hydrogen (secondary N) is 1. The molecule has 1 aliphatic heterocycles. The summed E-state index contributed by atoms with van der Waals surface area (Å²) in [6, 6.07) is 16.2. The Balaban J connectivity index is 1.55. The molecule has 0 unspecified atom stereocenters. The lowest BCUT2D eigenvalue weighted by molar-refractivity contribution is -0.116. The van der Waals surface area contributed by atoms with Gasteiger partial charge in [0, 0.05) is 22.8 Å². The summed E-state index contributed by atoms with van der Waals surface area (Å²) in [5, 5.41) is 7.77. The number of fused-ring (bicyclic) bond motifs is 1. The molecule has 29 heavy (non-hydrogen) atoms.